The summed E-state index contributed by atoms with van der Waals surface area (Å²) in [4.78, 5) is 0. The van der Waals surface area contributed by atoms with E-state index in [2.05, 4.69) is 40.8 Å². The molecule has 0 saturated heterocycles. The summed E-state index contributed by atoms with van der Waals surface area (Å²) in [6, 6.07) is 8.40. The van der Waals surface area contributed by atoms with Crippen LogP contribution in [-0.2, 0) is 0 Å². The molecule has 0 unspecified atom stereocenters. The predicted octanol–water partition coefficient (Wildman–Crippen LogP) is 3.46. The van der Waals surface area contributed by atoms with E-state index in [0.29, 0.717) is 11.8 Å². The highest BCUT2D eigenvalue weighted by atomic mass is 127. The third-order valence-corrected chi connectivity index (χ3v) is 4.30. The Labute approximate surface area is 96.6 Å². The second-order valence-corrected chi connectivity index (χ2v) is 5.11. The normalized spacial score (nSPS) is 27.0. The average Bonchev–Trinajstić information content (AvgIpc) is 2.74. The Bertz CT molecular complexity index is 482. The Morgan fingerprint density at radius 1 is 1.43 bits per heavy atom. The fourth-order valence-corrected chi connectivity index (χ4v) is 3.64. The third kappa shape index (κ3) is 0.936. The van der Waals surface area contributed by atoms with Gasteiger partial charge in [-0.2, -0.15) is 5.26 Å². The molecule has 0 fully saturated rings. The second-order valence-electron chi connectivity index (χ2n) is 3.87. The zero-order chi connectivity index (χ0) is 9.71. The van der Waals surface area contributed by atoms with Gasteiger partial charge in [-0.3, -0.25) is 0 Å². The Balaban J connectivity index is 2.27. The van der Waals surface area contributed by atoms with Gasteiger partial charge in [-0.1, -0.05) is 18.2 Å². The summed E-state index contributed by atoms with van der Waals surface area (Å²) >= 11 is 2.42. The van der Waals surface area contributed by atoms with E-state index in [-0.39, 0.29) is 0 Å². The van der Waals surface area contributed by atoms with E-state index in [4.69, 9.17) is 5.26 Å². The maximum atomic E-state index is 9.02. The first-order chi connectivity index (χ1) is 6.81. The van der Waals surface area contributed by atoms with Gasteiger partial charge in [0.25, 0.3) is 0 Å². The molecule has 1 aromatic rings. The lowest BCUT2D eigenvalue weighted by molar-refractivity contribution is 0.802. The Morgan fingerprint density at radius 2 is 2.29 bits per heavy atom. The van der Waals surface area contributed by atoms with Crippen molar-refractivity contribution < 1.29 is 0 Å². The van der Waals surface area contributed by atoms with Crippen LogP contribution in [0.5, 0.6) is 0 Å². The summed E-state index contributed by atoms with van der Waals surface area (Å²) in [5.74, 6) is 1.10. The van der Waals surface area contributed by atoms with Crippen LogP contribution in [0.2, 0.25) is 0 Å². The Hall–Kier alpha value is -0.820. The maximum Gasteiger partial charge on any atom is 0.0994 e. The minimum atomic E-state index is 0.512. The van der Waals surface area contributed by atoms with Gasteiger partial charge in [0, 0.05) is 11.8 Å². The minimum absolute atomic E-state index is 0.512. The molecule has 0 amide bonds. The molecule has 3 rings (SSSR count). The van der Waals surface area contributed by atoms with Gasteiger partial charge in [-0.05, 0) is 49.8 Å². The van der Waals surface area contributed by atoms with Crippen LogP contribution in [0.1, 0.15) is 34.9 Å². The van der Waals surface area contributed by atoms with Crippen molar-refractivity contribution >= 4 is 22.6 Å². The van der Waals surface area contributed by atoms with E-state index >= 15 is 0 Å². The van der Waals surface area contributed by atoms with E-state index in [1.165, 1.54) is 21.1 Å². The van der Waals surface area contributed by atoms with Crippen LogP contribution in [-0.4, -0.2) is 0 Å². The Kier molecular flexibility index (Phi) is 1.72. The lowest BCUT2D eigenvalue weighted by atomic mass is 9.93. The first-order valence-electron chi connectivity index (χ1n) is 4.71. The van der Waals surface area contributed by atoms with Gasteiger partial charge in [0.2, 0.25) is 0 Å². The number of rotatable bonds is 0. The molecule has 1 aromatic carbocycles. The monoisotopic (exact) mass is 293 g/mol. The van der Waals surface area contributed by atoms with Crippen molar-refractivity contribution in [1.29, 1.82) is 5.26 Å². The van der Waals surface area contributed by atoms with Crippen molar-refractivity contribution in [2.45, 2.75) is 18.3 Å². The summed E-state index contributed by atoms with van der Waals surface area (Å²) in [6.45, 7) is 0. The van der Waals surface area contributed by atoms with E-state index in [0.717, 1.165) is 5.56 Å². The molecule has 2 bridgehead atoms. The van der Waals surface area contributed by atoms with Crippen LogP contribution >= 0.6 is 22.6 Å². The lowest BCUT2D eigenvalue weighted by Gasteiger charge is -2.13. The molecule has 2 aliphatic rings. The number of halogens is 1. The van der Waals surface area contributed by atoms with Crippen molar-refractivity contribution in [2.24, 2.45) is 0 Å². The van der Waals surface area contributed by atoms with Gasteiger partial charge in [-0.25, -0.2) is 0 Å². The molecule has 0 saturated carbocycles. The highest BCUT2D eigenvalue weighted by Crippen LogP contribution is 2.54. The van der Waals surface area contributed by atoms with Crippen molar-refractivity contribution in [1.82, 2.24) is 0 Å². The van der Waals surface area contributed by atoms with Crippen molar-refractivity contribution in [3.8, 4) is 6.07 Å². The number of hydrogen-bond donors (Lipinski definition) is 0. The molecule has 0 spiro atoms. The van der Waals surface area contributed by atoms with Crippen LogP contribution in [0.15, 0.2) is 27.9 Å². The average molecular weight is 293 g/mol. The standard InChI is InChI=1S/C12H8IN/c13-11-5-8-4-10(11)9-3-1-2-7(6-14)12(8)9/h1-3,5,8,10H,4H2/t8-,10-/m1/s1. The second kappa shape index (κ2) is 2.83. The number of nitrogens with zero attached hydrogens (tertiary/aromatic N) is 1. The molecule has 14 heavy (non-hydrogen) atoms. The fraction of sp³-hybridized carbons (Fsp3) is 0.250. The molecule has 1 nitrogen and oxygen atoms in total. The summed E-state index contributed by atoms with van der Waals surface area (Å²) in [6.07, 6.45) is 3.50. The molecule has 68 valence electrons. The largest absolute Gasteiger partial charge is 0.192 e. The van der Waals surface area contributed by atoms with Crippen LogP contribution in [0.3, 0.4) is 0 Å². The number of fused-ring (bicyclic) bond motifs is 5. The lowest BCUT2D eigenvalue weighted by Crippen LogP contribution is -1.98. The first kappa shape index (κ1) is 8.49. The van der Waals surface area contributed by atoms with Crippen molar-refractivity contribution in [3.05, 3.63) is 44.5 Å². The number of allylic oxidation sites excluding steroid dienone is 2. The van der Waals surface area contributed by atoms with E-state index in [9.17, 15) is 0 Å². The topological polar surface area (TPSA) is 23.8 Å². The summed E-state index contributed by atoms with van der Waals surface area (Å²) in [5.41, 5.74) is 3.55. The van der Waals surface area contributed by atoms with Gasteiger partial charge in [0.05, 0.1) is 11.6 Å². The molecule has 2 atom stereocenters. The van der Waals surface area contributed by atoms with Crippen LogP contribution < -0.4 is 0 Å². The predicted molar refractivity (Wildman–Crippen MR) is 63.4 cm³/mol. The summed E-state index contributed by atoms with van der Waals surface area (Å²) in [5, 5.41) is 9.02. The van der Waals surface area contributed by atoms with Gasteiger partial charge in [0.1, 0.15) is 0 Å². The molecular formula is C12H8IN. The summed E-state index contributed by atoms with van der Waals surface area (Å²) < 4.78 is 1.45. The van der Waals surface area contributed by atoms with Crippen LogP contribution in [0.4, 0.5) is 0 Å². The van der Waals surface area contributed by atoms with E-state index in [1.54, 1.807) is 0 Å². The quantitative estimate of drug-likeness (QED) is 0.672. The van der Waals surface area contributed by atoms with E-state index < -0.39 is 0 Å². The molecule has 2 aliphatic carbocycles. The van der Waals surface area contributed by atoms with Crippen molar-refractivity contribution in [3.63, 3.8) is 0 Å². The molecule has 0 N–H and O–H groups in total. The zero-order valence-electron chi connectivity index (χ0n) is 7.50. The molecule has 2 heteroatoms. The Morgan fingerprint density at radius 3 is 3.07 bits per heavy atom. The smallest absolute Gasteiger partial charge is 0.0994 e. The molecule has 0 radical (unpaired) electrons. The van der Waals surface area contributed by atoms with Gasteiger partial charge < -0.3 is 0 Å². The number of nitriles is 1. The number of hydrogen-bond acceptors (Lipinski definition) is 1. The van der Waals surface area contributed by atoms with Gasteiger partial charge in [-0.15, -0.1) is 0 Å². The first-order valence-corrected chi connectivity index (χ1v) is 5.79. The van der Waals surface area contributed by atoms with Crippen molar-refractivity contribution in [2.75, 3.05) is 0 Å². The SMILES string of the molecule is N#Cc1cccc2c1[C@H]1C=C(I)[C@@H]2C1. The molecule has 0 aromatic heterocycles. The summed E-state index contributed by atoms with van der Waals surface area (Å²) in [7, 11) is 0. The van der Waals surface area contributed by atoms with Crippen LogP contribution in [0, 0.1) is 11.3 Å². The third-order valence-electron chi connectivity index (χ3n) is 3.19. The highest BCUT2D eigenvalue weighted by molar-refractivity contribution is 14.1. The maximum absolute atomic E-state index is 9.02. The fourth-order valence-electron chi connectivity index (χ4n) is 2.62. The minimum Gasteiger partial charge on any atom is -0.192 e. The van der Waals surface area contributed by atoms with E-state index in [1.807, 2.05) is 12.1 Å². The highest BCUT2D eigenvalue weighted by Gasteiger charge is 2.38. The molecule has 0 heterocycles. The number of benzene rings is 1. The molecule has 0 aliphatic heterocycles. The van der Waals surface area contributed by atoms with Crippen LogP contribution in [0.25, 0.3) is 0 Å². The zero-order valence-corrected chi connectivity index (χ0v) is 9.65. The molecular weight excluding hydrogens is 285 g/mol. The van der Waals surface area contributed by atoms with Gasteiger partial charge >= 0.3 is 0 Å². The van der Waals surface area contributed by atoms with Gasteiger partial charge in [0.15, 0.2) is 0 Å².